The van der Waals surface area contributed by atoms with Crippen molar-refractivity contribution in [1.82, 2.24) is 9.78 Å². The van der Waals surface area contributed by atoms with Crippen LogP contribution in [0.15, 0.2) is 6.20 Å². The van der Waals surface area contributed by atoms with E-state index in [0.717, 1.165) is 12.8 Å². The highest BCUT2D eigenvalue weighted by atomic mass is 16.1. The third kappa shape index (κ3) is 2.60. The molecule has 5 nitrogen and oxygen atoms in total. The van der Waals surface area contributed by atoms with Gasteiger partial charge in [-0.2, -0.15) is 10.4 Å². The predicted molar refractivity (Wildman–Crippen MR) is 60.6 cm³/mol. The maximum absolute atomic E-state index is 11.8. The average molecular weight is 220 g/mol. The van der Waals surface area contributed by atoms with Gasteiger partial charge in [0, 0.05) is 19.2 Å². The molecule has 1 aromatic rings. The summed E-state index contributed by atoms with van der Waals surface area (Å²) >= 11 is 0. The third-order valence-electron chi connectivity index (χ3n) is 2.55. The van der Waals surface area contributed by atoms with E-state index in [0.29, 0.717) is 11.4 Å². The van der Waals surface area contributed by atoms with Gasteiger partial charge in [-0.25, -0.2) is 0 Å². The number of anilines is 1. The second-order valence-electron chi connectivity index (χ2n) is 3.68. The molecule has 0 atom stereocenters. The number of hydrogen-bond acceptors (Lipinski definition) is 3. The molecule has 0 saturated carbocycles. The zero-order chi connectivity index (χ0) is 12.1. The Kier molecular flexibility index (Phi) is 4.06. The Bertz CT molecular complexity index is 412. The number of amides is 1. The van der Waals surface area contributed by atoms with Gasteiger partial charge < -0.3 is 5.32 Å². The normalized spacial score (nSPS) is 10.2. The average Bonchev–Trinajstić information content (AvgIpc) is 2.60. The number of rotatable bonds is 4. The van der Waals surface area contributed by atoms with Crippen LogP contribution in [-0.4, -0.2) is 15.7 Å². The number of carbonyl (C=O) groups excluding carboxylic acids is 1. The van der Waals surface area contributed by atoms with Crippen LogP contribution in [0.2, 0.25) is 0 Å². The van der Waals surface area contributed by atoms with Crippen LogP contribution < -0.4 is 5.32 Å². The van der Waals surface area contributed by atoms with Gasteiger partial charge in [0.05, 0.1) is 0 Å². The molecule has 1 N–H and O–H groups in total. The van der Waals surface area contributed by atoms with Crippen LogP contribution in [0.4, 0.5) is 5.82 Å². The van der Waals surface area contributed by atoms with Crippen LogP contribution in [-0.2, 0) is 11.8 Å². The molecule has 0 unspecified atom stereocenters. The van der Waals surface area contributed by atoms with Gasteiger partial charge in [0.1, 0.15) is 11.6 Å². The fourth-order valence-electron chi connectivity index (χ4n) is 1.54. The van der Waals surface area contributed by atoms with E-state index >= 15 is 0 Å². The summed E-state index contributed by atoms with van der Waals surface area (Å²) in [6.07, 6.45) is 3.16. The Morgan fingerprint density at radius 1 is 1.62 bits per heavy atom. The van der Waals surface area contributed by atoms with Crippen molar-refractivity contribution in [1.29, 1.82) is 5.26 Å². The Morgan fingerprint density at radius 2 is 2.25 bits per heavy atom. The smallest absolute Gasteiger partial charge is 0.228 e. The maximum Gasteiger partial charge on any atom is 0.228 e. The van der Waals surface area contributed by atoms with Gasteiger partial charge in [-0.1, -0.05) is 13.8 Å². The molecule has 1 amide bonds. The predicted octanol–water partition coefficient (Wildman–Crippen LogP) is 1.67. The first-order valence-electron chi connectivity index (χ1n) is 5.36. The van der Waals surface area contributed by atoms with Crippen LogP contribution >= 0.6 is 0 Å². The molecule has 0 spiro atoms. The van der Waals surface area contributed by atoms with Crippen LogP contribution in [0.1, 0.15) is 32.3 Å². The first-order valence-corrected chi connectivity index (χ1v) is 5.36. The summed E-state index contributed by atoms with van der Waals surface area (Å²) in [5.74, 6) is 0.260. The van der Waals surface area contributed by atoms with Gasteiger partial charge in [0.25, 0.3) is 0 Å². The molecular weight excluding hydrogens is 204 g/mol. The molecule has 16 heavy (non-hydrogen) atoms. The van der Waals surface area contributed by atoms with Crippen molar-refractivity contribution in [3.63, 3.8) is 0 Å². The first kappa shape index (κ1) is 12.2. The summed E-state index contributed by atoms with van der Waals surface area (Å²) in [4.78, 5) is 11.8. The number of aryl methyl sites for hydroxylation is 1. The fourth-order valence-corrected chi connectivity index (χ4v) is 1.54. The number of nitrogens with one attached hydrogen (secondary N) is 1. The minimum atomic E-state index is -0.0693. The van der Waals surface area contributed by atoms with Gasteiger partial charge >= 0.3 is 0 Å². The van der Waals surface area contributed by atoms with Crippen molar-refractivity contribution >= 4 is 11.7 Å². The monoisotopic (exact) mass is 220 g/mol. The zero-order valence-electron chi connectivity index (χ0n) is 9.82. The fraction of sp³-hybridized carbons (Fsp3) is 0.545. The topological polar surface area (TPSA) is 70.7 Å². The van der Waals surface area contributed by atoms with Gasteiger partial charge in [-0.3, -0.25) is 9.48 Å². The standard InChI is InChI=1S/C11H16N4O/c1-4-8(5-2)11(16)13-10-9(6-12)7-15(3)14-10/h7-8H,4-5H2,1-3H3,(H,13,14,16). The second-order valence-corrected chi connectivity index (χ2v) is 3.68. The molecule has 0 saturated heterocycles. The highest BCUT2D eigenvalue weighted by molar-refractivity contribution is 5.92. The minimum Gasteiger partial charge on any atom is -0.308 e. The van der Waals surface area contributed by atoms with Crippen LogP contribution in [0.3, 0.4) is 0 Å². The molecule has 0 aliphatic heterocycles. The second kappa shape index (κ2) is 5.31. The minimum absolute atomic E-state index is 0.0199. The van der Waals surface area contributed by atoms with Crippen molar-refractivity contribution in [3.05, 3.63) is 11.8 Å². The SMILES string of the molecule is CCC(CC)C(=O)Nc1nn(C)cc1C#N. The van der Waals surface area contributed by atoms with E-state index in [9.17, 15) is 4.79 Å². The quantitative estimate of drug-likeness (QED) is 0.838. The number of nitriles is 1. The molecule has 0 radical (unpaired) electrons. The van der Waals surface area contributed by atoms with E-state index in [1.807, 2.05) is 19.9 Å². The van der Waals surface area contributed by atoms with E-state index in [1.54, 1.807) is 13.2 Å². The van der Waals surface area contributed by atoms with E-state index in [4.69, 9.17) is 5.26 Å². The molecule has 0 aliphatic rings. The Labute approximate surface area is 95.1 Å². The molecule has 0 aromatic carbocycles. The molecule has 0 fully saturated rings. The molecule has 86 valence electrons. The van der Waals surface area contributed by atoms with E-state index in [1.165, 1.54) is 4.68 Å². The Hall–Kier alpha value is -1.83. The van der Waals surface area contributed by atoms with Crippen LogP contribution in [0, 0.1) is 17.2 Å². The highest BCUT2D eigenvalue weighted by Crippen LogP contribution is 2.15. The third-order valence-corrected chi connectivity index (χ3v) is 2.55. The van der Waals surface area contributed by atoms with Gasteiger partial charge in [-0.05, 0) is 12.8 Å². The van der Waals surface area contributed by atoms with E-state index in [-0.39, 0.29) is 11.8 Å². The lowest BCUT2D eigenvalue weighted by Gasteiger charge is -2.10. The Balaban J connectivity index is 2.80. The summed E-state index contributed by atoms with van der Waals surface area (Å²) in [5, 5.41) is 15.6. The number of aromatic nitrogens is 2. The summed E-state index contributed by atoms with van der Waals surface area (Å²) in [6.45, 7) is 3.94. The van der Waals surface area contributed by atoms with Crippen LogP contribution in [0.25, 0.3) is 0 Å². The van der Waals surface area contributed by atoms with E-state index in [2.05, 4.69) is 10.4 Å². The van der Waals surface area contributed by atoms with Crippen molar-refractivity contribution in [3.8, 4) is 6.07 Å². The largest absolute Gasteiger partial charge is 0.308 e. The molecule has 0 bridgehead atoms. The van der Waals surface area contributed by atoms with Gasteiger partial charge in [-0.15, -0.1) is 0 Å². The van der Waals surface area contributed by atoms with Crippen molar-refractivity contribution in [2.75, 3.05) is 5.32 Å². The lowest BCUT2D eigenvalue weighted by atomic mass is 10.0. The summed E-state index contributed by atoms with van der Waals surface area (Å²) < 4.78 is 1.51. The molecular formula is C11H16N4O. The highest BCUT2D eigenvalue weighted by Gasteiger charge is 2.17. The summed E-state index contributed by atoms with van der Waals surface area (Å²) in [6, 6.07) is 2.00. The van der Waals surface area contributed by atoms with E-state index < -0.39 is 0 Å². The maximum atomic E-state index is 11.8. The molecule has 1 rings (SSSR count). The molecule has 0 aliphatic carbocycles. The first-order chi connectivity index (χ1) is 7.62. The number of carbonyl (C=O) groups is 1. The summed E-state index contributed by atoms with van der Waals surface area (Å²) in [5.41, 5.74) is 0.391. The lowest BCUT2D eigenvalue weighted by Crippen LogP contribution is -2.22. The number of hydrogen-bond donors (Lipinski definition) is 1. The van der Waals surface area contributed by atoms with Crippen LogP contribution in [0.5, 0.6) is 0 Å². The molecule has 1 aromatic heterocycles. The van der Waals surface area contributed by atoms with Crippen molar-refractivity contribution in [2.45, 2.75) is 26.7 Å². The molecule has 1 heterocycles. The number of nitrogens with zero attached hydrogens (tertiary/aromatic N) is 3. The Morgan fingerprint density at radius 3 is 2.75 bits per heavy atom. The van der Waals surface area contributed by atoms with Gasteiger partial charge in [0.2, 0.25) is 5.91 Å². The molecule has 5 heteroatoms. The van der Waals surface area contributed by atoms with Gasteiger partial charge in [0.15, 0.2) is 5.82 Å². The zero-order valence-corrected chi connectivity index (χ0v) is 9.82. The lowest BCUT2D eigenvalue weighted by molar-refractivity contribution is -0.120. The van der Waals surface area contributed by atoms with Crippen molar-refractivity contribution < 1.29 is 4.79 Å². The van der Waals surface area contributed by atoms with Crippen molar-refractivity contribution in [2.24, 2.45) is 13.0 Å². The summed E-state index contributed by atoms with van der Waals surface area (Å²) in [7, 11) is 1.72.